The zero-order chi connectivity index (χ0) is 9.97. The first-order chi connectivity index (χ1) is 6.79. The Morgan fingerprint density at radius 3 is 2.93 bits per heavy atom. The molecule has 0 aliphatic heterocycles. The highest BCUT2D eigenvalue weighted by atomic mass is 16.5. The second kappa shape index (κ2) is 3.45. The second-order valence-electron chi connectivity index (χ2n) is 2.81. The van der Waals surface area contributed by atoms with Gasteiger partial charge in [0, 0.05) is 24.9 Å². The summed E-state index contributed by atoms with van der Waals surface area (Å²) in [5.41, 5.74) is 1.76. The molecule has 0 unspecified atom stereocenters. The number of methoxy groups -OCH3 is 1. The van der Waals surface area contributed by atoms with E-state index < -0.39 is 0 Å². The third kappa shape index (κ3) is 1.56. The number of rotatable bonds is 2. The predicted molar refractivity (Wildman–Crippen MR) is 50.8 cm³/mol. The molecule has 72 valence electrons. The van der Waals surface area contributed by atoms with Crippen molar-refractivity contribution < 1.29 is 4.74 Å². The molecule has 5 nitrogen and oxygen atoms in total. The molecule has 0 saturated heterocycles. The zero-order valence-electron chi connectivity index (χ0n) is 8.01. The molecular formula is C9H10N4O. The molecule has 0 bridgehead atoms. The summed E-state index contributed by atoms with van der Waals surface area (Å²) in [5, 5.41) is 8.17. The minimum absolute atomic E-state index is 0.577. The fraction of sp³-hybridized carbons (Fsp3) is 0.222. The molecule has 14 heavy (non-hydrogen) atoms. The number of aryl methyl sites for hydroxylation is 1. The molecule has 0 fully saturated rings. The van der Waals surface area contributed by atoms with Crippen LogP contribution in [0.3, 0.4) is 0 Å². The minimum Gasteiger partial charge on any atom is -0.481 e. The van der Waals surface area contributed by atoms with E-state index >= 15 is 0 Å². The molecule has 0 atom stereocenters. The molecule has 0 aromatic carbocycles. The van der Waals surface area contributed by atoms with Gasteiger partial charge in [0.2, 0.25) is 5.88 Å². The molecule has 2 aromatic heterocycles. The van der Waals surface area contributed by atoms with Gasteiger partial charge in [0.25, 0.3) is 0 Å². The SMILES string of the molecule is COc1cc(-c2cnn(C)n2)ccn1. The number of pyridine rings is 1. The third-order valence-corrected chi connectivity index (χ3v) is 1.84. The van der Waals surface area contributed by atoms with Crippen molar-refractivity contribution in [2.24, 2.45) is 7.05 Å². The van der Waals surface area contributed by atoms with Crippen LogP contribution in [0.2, 0.25) is 0 Å². The van der Waals surface area contributed by atoms with E-state index in [1.54, 1.807) is 26.6 Å². The quantitative estimate of drug-likeness (QED) is 0.705. The molecule has 2 rings (SSSR count). The summed E-state index contributed by atoms with van der Waals surface area (Å²) >= 11 is 0. The zero-order valence-corrected chi connectivity index (χ0v) is 8.01. The van der Waals surface area contributed by atoms with E-state index in [9.17, 15) is 0 Å². The lowest BCUT2D eigenvalue weighted by molar-refractivity contribution is 0.398. The standard InChI is InChI=1S/C9H10N4O/c1-13-11-6-8(12-13)7-3-4-10-9(5-7)14-2/h3-6H,1-2H3. The van der Waals surface area contributed by atoms with Gasteiger partial charge in [-0.3, -0.25) is 0 Å². The Bertz CT molecular complexity index is 438. The van der Waals surface area contributed by atoms with Crippen molar-refractivity contribution in [2.75, 3.05) is 7.11 Å². The van der Waals surface area contributed by atoms with Crippen LogP contribution in [0, 0.1) is 0 Å². The largest absolute Gasteiger partial charge is 0.481 e. The number of ether oxygens (including phenoxy) is 1. The van der Waals surface area contributed by atoms with E-state index in [1.807, 2.05) is 12.1 Å². The Kier molecular flexibility index (Phi) is 2.14. The second-order valence-corrected chi connectivity index (χ2v) is 2.81. The molecule has 0 aliphatic carbocycles. The van der Waals surface area contributed by atoms with Crippen LogP contribution in [0.5, 0.6) is 5.88 Å². The van der Waals surface area contributed by atoms with Crippen LogP contribution in [-0.2, 0) is 7.05 Å². The lowest BCUT2D eigenvalue weighted by atomic mass is 10.2. The molecule has 0 aliphatic rings. The molecule has 0 amide bonds. The van der Waals surface area contributed by atoms with Gasteiger partial charge >= 0.3 is 0 Å². The van der Waals surface area contributed by atoms with Crippen LogP contribution in [-0.4, -0.2) is 27.1 Å². The van der Waals surface area contributed by atoms with Crippen LogP contribution in [0.15, 0.2) is 24.5 Å². The van der Waals surface area contributed by atoms with Gasteiger partial charge in [-0.25, -0.2) is 4.98 Å². The highest BCUT2D eigenvalue weighted by Gasteiger charge is 2.03. The van der Waals surface area contributed by atoms with Crippen molar-refractivity contribution in [1.29, 1.82) is 0 Å². The lowest BCUT2D eigenvalue weighted by Gasteiger charge is -1.99. The normalized spacial score (nSPS) is 10.1. The van der Waals surface area contributed by atoms with Crippen LogP contribution in [0.4, 0.5) is 0 Å². The summed E-state index contributed by atoms with van der Waals surface area (Å²) in [6, 6.07) is 3.69. The molecule has 0 radical (unpaired) electrons. The van der Waals surface area contributed by atoms with Gasteiger partial charge in [0.05, 0.1) is 13.3 Å². The summed E-state index contributed by atoms with van der Waals surface area (Å²) in [6.07, 6.45) is 3.39. The molecule has 5 heteroatoms. The monoisotopic (exact) mass is 190 g/mol. The van der Waals surface area contributed by atoms with Gasteiger partial charge in [-0.1, -0.05) is 0 Å². The average Bonchev–Trinajstić information content (AvgIpc) is 2.65. The van der Waals surface area contributed by atoms with E-state index in [0.717, 1.165) is 11.3 Å². The van der Waals surface area contributed by atoms with Gasteiger partial charge in [-0.05, 0) is 6.07 Å². The Hall–Kier alpha value is -1.91. The topological polar surface area (TPSA) is 52.8 Å². The fourth-order valence-corrected chi connectivity index (χ4v) is 1.16. The van der Waals surface area contributed by atoms with Crippen LogP contribution in [0.25, 0.3) is 11.3 Å². The van der Waals surface area contributed by atoms with Crippen LogP contribution < -0.4 is 4.74 Å². The number of nitrogens with zero attached hydrogens (tertiary/aromatic N) is 4. The Morgan fingerprint density at radius 2 is 2.29 bits per heavy atom. The van der Waals surface area contributed by atoms with E-state index in [-0.39, 0.29) is 0 Å². The predicted octanol–water partition coefficient (Wildman–Crippen LogP) is 0.886. The van der Waals surface area contributed by atoms with E-state index in [1.165, 1.54) is 4.80 Å². The highest BCUT2D eigenvalue weighted by Crippen LogP contribution is 2.18. The van der Waals surface area contributed by atoms with Crippen molar-refractivity contribution in [3.63, 3.8) is 0 Å². The maximum Gasteiger partial charge on any atom is 0.213 e. The van der Waals surface area contributed by atoms with E-state index in [0.29, 0.717) is 5.88 Å². The summed E-state index contributed by atoms with van der Waals surface area (Å²) in [7, 11) is 3.37. The first kappa shape index (κ1) is 8.68. The first-order valence-electron chi connectivity index (χ1n) is 4.16. The van der Waals surface area contributed by atoms with Crippen molar-refractivity contribution in [3.05, 3.63) is 24.5 Å². The van der Waals surface area contributed by atoms with Gasteiger partial charge in [-0.2, -0.15) is 15.0 Å². The summed E-state index contributed by atoms with van der Waals surface area (Å²) in [6.45, 7) is 0. The molecule has 0 spiro atoms. The fourth-order valence-electron chi connectivity index (χ4n) is 1.16. The number of hydrogen-bond donors (Lipinski definition) is 0. The van der Waals surface area contributed by atoms with E-state index in [4.69, 9.17) is 4.74 Å². The van der Waals surface area contributed by atoms with Crippen molar-refractivity contribution in [2.45, 2.75) is 0 Å². The van der Waals surface area contributed by atoms with Gasteiger partial charge in [-0.15, -0.1) is 0 Å². The highest BCUT2D eigenvalue weighted by molar-refractivity contribution is 5.58. The summed E-state index contributed by atoms with van der Waals surface area (Å²) in [4.78, 5) is 5.53. The number of aromatic nitrogens is 4. The first-order valence-corrected chi connectivity index (χ1v) is 4.16. The minimum atomic E-state index is 0.577. The third-order valence-electron chi connectivity index (χ3n) is 1.84. The maximum absolute atomic E-state index is 5.02. The average molecular weight is 190 g/mol. The summed E-state index contributed by atoms with van der Waals surface area (Å²) < 4.78 is 5.02. The Morgan fingerprint density at radius 1 is 1.43 bits per heavy atom. The molecule has 2 aromatic rings. The molecule has 0 N–H and O–H groups in total. The van der Waals surface area contributed by atoms with Gasteiger partial charge in [0.1, 0.15) is 5.69 Å². The maximum atomic E-state index is 5.02. The lowest BCUT2D eigenvalue weighted by Crippen LogP contribution is -1.92. The van der Waals surface area contributed by atoms with Crippen molar-refractivity contribution >= 4 is 0 Å². The number of hydrogen-bond acceptors (Lipinski definition) is 4. The Labute approximate surface area is 81.3 Å². The molecule has 0 saturated carbocycles. The Balaban J connectivity index is 2.41. The van der Waals surface area contributed by atoms with Crippen molar-refractivity contribution in [3.8, 4) is 17.1 Å². The van der Waals surface area contributed by atoms with E-state index in [2.05, 4.69) is 15.2 Å². The van der Waals surface area contributed by atoms with Crippen LogP contribution in [0.1, 0.15) is 0 Å². The molecular weight excluding hydrogens is 180 g/mol. The smallest absolute Gasteiger partial charge is 0.213 e. The van der Waals surface area contributed by atoms with Gasteiger partial charge < -0.3 is 4.74 Å². The van der Waals surface area contributed by atoms with Gasteiger partial charge in [0.15, 0.2) is 0 Å². The molecule has 2 heterocycles. The summed E-state index contributed by atoms with van der Waals surface area (Å²) in [5.74, 6) is 0.577. The van der Waals surface area contributed by atoms with Crippen LogP contribution >= 0.6 is 0 Å². The van der Waals surface area contributed by atoms with Crippen molar-refractivity contribution in [1.82, 2.24) is 20.0 Å².